The zero-order valence-corrected chi connectivity index (χ0v) is 18.4. The number of fused-ring (bicyclic) bond motifs is 1. The summed E-state index contributed by atoms with van der Waals surface area (Å²) in [7, 11) is 0. The summed E-state index contributed by atoms with van der Waals surface area (Å²) in [5.41, 5.74) is 4.78. The summed E-state index contributed by atoms with van der Waals surface area (Å²) < 4.78 is 0. The van der Waals surface area contributed by atoms with Crippen molar-refractivity contribution in [1.82, 2.24) is 5.32 Å². The van der Waals surface area contributed by atoms with Gasteiger partial charge in [0.1, 0.15) is 0 Å². The lowest BCUT2D eigenvalue weighted by Gasteiger charge is -2.29. The van der Waals surface area contributed by atoms with Crippen LogP contribution >= 0.6 is 11.8 Å². The minimum atomic E-state index is -0.281. The molecule has 1 aliphatic heterocycles. The van der Waals surface area contributed by atoms with E-state index in [1.54, 1.807) is 4.90 Å². The first kappa shape index (κ1) is 21.0. The first-order valence-electron chi connectivity index (χ1n) is 10.2. The van der Waals surface area contributed by atoms with Crippen molar-refractivity contribution in [3.63, 3.8) is 0 Å². The summed E-state index contributed by atoms with van der Waals surface area (Å²) in [6, 6.07) is 23.3. The molecule has 3 amide bonds. The molecule has 5 nitrogen and oxygen atoms in total. The number of carbonyl (C=O) groups is 2. The second-order valence-corrected chi connectivity index (χ2v) is 8.68. The van der Waals surface area contributed by atoms with Crippen LogP contribution in [0.5, 0.6) is 0 Å². The average molecular weight is 432 g/mol. The number of hydrogen-bond donors (Lipinski definition) is 2. The molecule has 0 spiro atoms. The van der Waals surface area contributed by atoms with Crippen LogP contribution in [-0.2, 0) is 11.3 Å². The molecule has 0 saturated carbocycles. The van der Waals surface area contributed by atoms with Gasteiger partial charge in [-0.05, 0) is 43.2 Å². The van der Waals surface area contributed by atoms with Crippen LogP contribution < -0.4 is 15.5 Å². The summed E-state index contributed by atoms with van der Waals surface area (Å²) in [4.78, 5) is 28.0. The lowest BCUT2D eigenvalue weighted by atomic mass is 10.1. The molecular weight excluding hydrogens is 406 g/mol. The third-order valence-electron chi connectivity index (χ3n) is 5.27. The summed E-state index contributed by atoms with van der Waals surface area (Å²) >= 11 is 1.53. The molecular formula is C25H25N3O2S. The molecule has 4 rings (SSSR count). The molecule has 0 saturated heterocycles. The van der Waals surface area contributed by atoms with Gasteiger partial charge in [-0.3, -0.25) is 4.79 Å². The molecule has 158 valence electrons. The zero-order chi connectivity index (χ0) is 21.8. The second-order valence-electron chi connectivity index (χ2n) is 7.67. The smallest absolute Gasteiger partial charge is 0.319 e. The van der Waals surface area contributed by atoms with Crippen LogP contribution in [0.2, 0.25) is 0 Å². The van der Waals surface area contributed by atoms with Gasteiger partial charge in [-0.25, -0.2) is 4.79 Å². The van der Waals surface area contributed by atoms with Crippen molar-refractivity contribution in [2.24, 2.45) is 0 Å². The van der Waals surface area contributed by atoms with Crippen LogP contribution in [0.25, 0.3) is 0 Å². The van der Waals surface area contributed by atoms with Crippen molar-refractivity contribution in [1.29, 1.82) is 0 Å². The van der Waals surface area contributed by atoms with Gasteiger partial charge >= 0.3 is 6.03 Å². The number of urea groups is 1. The number of carbonyl (C=O) groups excluding carboxylic acids is 2. The number of nitrogens with zero attached hydrogens (tertiary/aromatic N) is 1. The van der Waals surface area contributed by atoms with Crippen LogP contribution in [0, 0.1) is 6.92 Å². The quantitative estimate of drug-likeness (QED) is 0.559. The van der Waals surface area contributed by atoms with Crippen LogP contribution in [-0.4, -0.2) is 17.7 Å². The lowest BCUT2D eigenvalue weighted by Crippen LogP contribution is -2.35. The Hall–Kier alpha value is -3.25. The largest absolute Gasteiger partial charge is 0.331 e. The minimum absolute atomic E-state index is 0.0670. The maximum atomic E-state index is 12.7. The fourth-order valence-corrected chi connectivity index (χ4v) is 4.43. The molecule has 31 heavy (non-hydrogen) atoms. The van der Waals surface area contributed by atoms with Gasteiger partial charge in [0.05, 0.1) is 24.0 Å². The van der Waals surface area contributed by atoms with Crippen molar-refractivity contribution in [3.8, 4) is 0 Å². The highest BCUT2D eigenvalue weighted by molar-refractivity contribution is 8.00. The van der Waals surface area contributed by atoms with Gasteiger partial charge in [-0.1, -0.05) is 60.2 Å². The Balaban J connectivity index is 1.49. The Morgan fingerprint density at radius 2 is 1.81 bits per heavy atom. The van der Waals surface area contributed by atoms with E-state index in [-0.39, 0.29) is 18.0 Å². The van der Waals surface area contributed by atoms with Crippen LogP contribution in [0.1, 0.15) is 29.7 Å². The minimum Gasteiger partial charge on any atom is -0.331 e. The molecule has 3 aromatic rings. The van der Waals surface area contributed by atoms with Crippen LogP contribution in [0.15, 0.2) is 77.7 Å². The highest BCUT2D eigenvalue weighted by atomic mass is 32.2. The van der Waals surface area contributed by atoms with Crippen molar-refractivity contribution in [2.75, 3.05) is 16.0 Å². The molecule has 0 aromatic heterocycles. The highest BCUT2D eigenvalue weighted by Gasteiger charge is 2.25. The molecule has 0 aliphatic carbocycles. The van der Waals surface area contributed by atoms with Crippen molar-refractivity contribution < 1.29 is 9.59 Å². The number of nitrogens with one attached hydrogen (secondary N) is 2. The molecule has 0 fully saturated rings. The van der Waals surface area contributed by atoms with E-state index >= 15 is 0 Å². The van der Waals surface area contributed by atoms with Crippen molar-refractivity contribution in [2.45, 2.75) is 31.3 Å². The van der Waals surface area contributed by atoms with Gasteiger partial charge < -0.3 is 15.5 Å². The van der Waals surface area contributed by atoms with Gasteiger partial charge in [0, 0.05) is 10.6 Å². The van der Waals surface area contributed by atoms with E-state index in [4.69, 9.17) is 0 Å². The summed E-state index contributed by atoms with van der Waals surface area (Å²) in [5, 5.41) is 5.86. The number of rotatable bonds is 5. The normalized spacial score (nSPS) is 14.0. The van der Waals surface area contributed by atoms with Gasteiger partial charge in [-0.15, -0.1) is 11.8 Å². The molecule has 0 bridgehead atoms. The topological polar surface area (TPSA) is 61.4 Å². The number of thioether (sulfide) groups is 1. The summed E-state index contributed by atoms with van der Waals surface area (Å²) in [6.07, 6.45) is 0. The third-order valence-corrected chi connectivity index (χ3v) is 6.32. The molecule has 1 atom stereocenters. The Morgan fingerprint density at radius 1 is 1.06 bits per heavy atom. The Labute approximate surface area is 186 Å². The van der Waals surface area contributed by atoms with Gasteiger partial charge in [0.15, 0.2) is 0 Å². The van der Waals surface area contributed by atoms with E-state index in [9.17, 15) is 9.59 Å². The third kappa shape index (κ3) is 5.09. The van der Waals surface area contributed by atoms with Crippen molar-refractivity contribution >= 4 is 35.1 Å². The van der Waals surface area contributed by atoms with E-state index in [1.807, 2.05) is 74.5 Å². The zero-order valence-electron chi connectivity index (χ0n) is 17.6. The molecule has 1 aliphatic rings. The Kier molecular flexibility index (Phi) is 6.28. The number of aryl methyl sites for hydroxylation is 1. The van der Waals surface area contributed by atoms with E-state index in [0.29, 0.717) is 18.0 Å². The summed E-state index contributed by atoms with van der Waals surface area (Å²) in [6.45, 7) is 4.50. The maximum Gasteiger partial charge on any atom is 0.319 e. The fourth-order valence-electron chi connectivity index (χ4n) is 3.52. The highest BCUT2D eigenvalue weighted by Crippen LogP contribution is 2.38. The monoisotopic (exact) mass is 431 g/mol. The van der Waals surface area contributed by atoms with Crippen LogP contribution in [0.4, 0.5) is 16.2 Å². The first-order valence-corrected chi connectivity index (χ1v) is 11.2. The molecule has 2 N–H and O–H groups in total. The molecule has 0 unspecified atom stereocenters. The SMILES string of the molecule is Cc1ccc(CN2C(=O)CSc3ccc(NC(=O)N[C@@H](C)c4ccccc4)cc32)cc1. The fraction of sp³-hybridized carbons (Fsp3) is 0.200. The molecule has 6 heteroatoms. The average Bonchev–Trinajstić information content (AvgIpc) is 2.77. The van der Waals surface area contributed by atoms with E-state index in [0.717, 1.165) is 21.7 Å². The van der Waals surface area contributed by atoms with Crippen LogP contribution in [0.3, 0.4) is 0 Å². The predicted octanol–water partition coefficient (Wildman–Crippen LogP) is 5.52. The van der Waals surface area contributed by atoms with Gasteiger partial charge in [0.2, 0.25) is 5.91 Å². The van der Waals surface area contributed by atoms with Gasteiger partial charge in [0.25, 0.3) is 0 Å². The Morgan fingerprint density at radius 3 is 2.55 bits per heavy atom. The standard InChI is InChI=1S/C25H25N3O2S/c1-17-8-10-19(11-9-17)15-28-22-14-21(12-13-23(22)31-16-24(28)29)27-25(30)26-18(2)20-6-4-3-5-7-20/h3-14,18H,15-16H2,1-2H3,(H2,26,27,30)/t18-/m0/s1. The lowest BCUT2D eigenvalue weighted by molar-refractivity contribution is -0.116. The molecule has 1 heterocycles. The molecule has 0 radical (unpaired) electrons. The summed E-state index contributed by atoms with van der Waals surface area (Å²) in [5.74, 6) is 0.484. The van der Waals surface area contributed by atoms with E-state index in [2.05, 4.69) is 22.8 Å². The predicted molar refractivity (Wildman–Crippen MR) is 127 cm³/mol. The first-order chi connectivity index (χ1) is 15.0. The number of benzene rings is 3. The van der Waals surface area contributed by atoms with E-state index < -0.39 is 0 Å². The van der Waals surface area contributed by atoms with Gasteiger partial charge in [-0.2, -0.15) is 0 Å². The number of hydrogen-bond acceptors (Lipinski definition) is 3. The Bertz CT molecular complexity index is 1080. The maximum absolute atomic E-state index is 12.7. The van der Waals surface area contributed by atoms with Crippen molar-refractivity contribution in [3.05, 3.63) is 89.5 Å². The number of amides is 3. The number of anilines is 2. The second kappa shape index (κ2) is 9.27. The molecule has 3 aromatic carbocycles. The van der Waals surface area contributed by atoms with E-state index in [1.165, 1.54) is 17.3 Å².